The summed E-state index contributed by atoms with van der Waals surface area (Å²) >= 11 is 0. The predicted molar refractivity (Wildman–Crippen MR) is 72.3 cm³/mol. The van der Waals surface area contributed by atoms with Crippen molar-refractivity contribution in [3.05, 3.63) is 0 Å². The van der Waals surface area contributed by atoms with E-state index in [1.54, 1.807) is 0 Å². The van der Waals surface area contributed by atoms with Crippen LogP contribution in [-0.4, -0.2) is 20.7 Å². The molecule has 0 saturated heterocycles. The van der Waals surface area contributed by atoms with Crippen molar-refractivity contribution < 1.29 is 9.22 Å². The lowest BCUT2D eigenvalue weighted by Gasteiger charge is -2.39. The van der Waals surface area contributed by atoms with E-state index < -0.39 is 8.32 Å². The molecule has 3 heteroatoms. The fraction of sp³-hybridized carbons (Fsp3) is 0.923. The Morgan fingerprint density at radius 1 is 1.25 bits per heavy atom. The van der Waals surface area contributed by atoms with Crippen LogP contribution in [0.5, 0.6) is 0 Å². The second-order valence-electron chi connectivity index (χ2n) is 6.03. The van der Waals surface area contributed by atoms with Crippen LogP contribution in [0.1, 0.15) is 53.4 Å². The highest BCUT2D eigenvalue weighted by atomic mass is 28.4. The topological polar surface area (TPSA) is 26.3 Å². The van der Waals surface area contributed by atoms with Crippen LogP contribution in [-0.2, 0) is 9.22 Å². The Morgan fingerprint density at radius 2 is 1.81 bits per heavy atom. The van der Waals surface area contributed by atoms with Gasteiger partial charge in [0.05, 0.1) is 0 Å². The van der Waals surface area contributed by atoms with Crippen molar-refractivity contribution in [1.29, 1.82) is 0 Å². The molecule has 0 radical (unpaired) electrons. The van der Waals surface area contributed by atoms with E-state index in [0.29, 0.717) is 6.42 Å². The fourth-order valence-corrected chi connectivity index (χ4v) is 2.85. The zero-order chi connectivity index (χ0) is 12.8. The van der Waals surface area contributed by atoms with Gasteiger partial charge in [0.2, 0.25) is 0 Å². The second kappa shape index (κ2) is 6.55. The second-order valence-corrected chi connectivity index (χ2v) is 10.8. The Hall–Kier alpha value is -0.153. The molecule has 0 bridgehead atoms. The van der Waals surface area contributed by atoms with E-state index in [0.717, 1.165) is 25.5 Å². The molecule has 16 heavy (non-hydrogen) atoms. The van der Waals surface area contributed by atoms with Gasteiger partial charge in [0.25, 0.3) is 0 Å². The van der Waals surface area contributed by atoms with Gasteiger partial charge in [-0.2, -0.15) is 0 Å². The van der Waals surface area contributed by atoms with E-state index >= 15 is 0 Å². The molecule has 1 atom stereocenters. The number of aldehydes is 1. The molecule has 0 N–H and O–H groups in total. The van der Waals surface area contributed by atoms with Crippen molar-refractivity contribution in [3.8, 4) is 0 Å². The summed E-state index contributed by atoms with van der Waals surface area (Å²) in [5.74, 6) is 0. The third kappa shape index (κ3) is 5.26. The molecule has 0 aromatic heterocycles. The molecule has 0 spiro atoms. The number of carbonyl (C=O) groups is 1. The summed E-state index contributed by atoms with van der Waals surface area (Å²) in [6.07, 6.45) is 4.97. The number of hydrogen-bond donors (Lipinski definition) is 0. The Balaban J connectivity index is 4.42. The van der Waals surface area contributed by atoms with Crippen molar-refractivity contribution in [3.63, 3.8) is 0 Å². The minimum atomic E-state index is -1.67. The van der Waals surface area contributed by atoms with Gasteiger partial charge in [0.15, 0.2) is 8.32 Å². The first-order chi connectivity index (χ1) is 7.24. The first-order valence-corrected chi connectivity index (χ1v) is 9.27. The average Bonchev–Trinajstić information content (AvgIpc) is 2.12. The fourth-order valence-electron chi connectivity index (χ4n) is 1.43. The van der Waals surface area contributed by atoms with E-state index in [9.17, 15) is 4.79 Å². The highest BCUT2D eigenvalue weighted by Gasteiger charge is 2.38. The van der Waals surface area contributed by atoms with Crippen molar-refractivity contribution in [2.45, 2.75) is 77.6 Å². The van der Waals surface area contributed by atoms with Crippen LogP contribution in [0.25, 0.3) is 0 Å². The zero-order valence-electron chi connectivity index (χ0n) is 11.8. The minimum Gasteiger partial charge on any atom is -0.414 e. The summed E-state index contributed by atoms with van der Waals surface area (Å²) in [4.78, 5) is 10.4. The molecular formula is C13H28O2Si. The van der Waals surface area contributed by atoms with Gasteiger partial charge in [-0.15, -0.1) is 0 Å². The summed E-state index contributed by atoms with van der Waals surface area (Å²) < 4.78 is 6.32. The van der Waals surface area contributed by atoms with Gasteiger partial charge in [-0.1, -0.05) is 34.1 Å². The molecule has 0 aliphatic heterocycles. The highest BCUT2D eigenvalue weighted by Crippen LogP contribution is 2.38. The van der Waals surface area contributed by atoms with Crippen LogP contribution >= 0.6 is 0 Å². The summed E-state index contributed by atoms with van der Waals surface area (Å²) in [7, 11) is -1.67. The SMILES string of the molecule is CCC[C@@H](CCC=O)O[Si](C)(C)C(C)(C)C. The molecule has 0 rings (SSSR count). The molecule has 0 heterocycles. The molecule has 0 aliphatic rings. The Bertz CT molecular complexity index is 206. The lowest BCUT2D eigenvalue weighted by atomic mass is 10.1. The largest absolute Gasteiger partial charge is 0.414 e. The molecule has 0 aromatic carbocycles. The third-order valence-corrected chi connectivity index (χ3v) is 8.02. The maximum absolute atomic E-state index is 10.4. The average molecular weight is 244 g/mol. The number of hydrogen-bond acceptors (Lipinski definition) is 2. The van der Waals surface area contributed by atoms with E-state index in [1.165, 1.54) is 0 Å². The molecule has 0 saturated carbocycles. The van der Waals surface area contributed by atoms with Crippen LogP contribution in [0.15, 0.2) is 0 Å². The lowest BCUT2D eigenvalue weighted by Crippen LogP contribution is -2.44. The summed E-state index contributed by atoms with van der Waals surface area (Å²) in [6, 6.07) is 0. The van der Waals surface area contributed by atoms with E-state index in [4.69, 9.17) is 4.43 Å². The quantitative estimate of drug-likeness (QED) is 0.496. The normalized spacial score (nSPS) is 14.9. The van der Waals surface area contributed by atoms with Crippen molar-refractivity contribution in [2.24, 2.45) is 0 Å². The molecule has 0 aromatic rings. The zero-order valence-corrected chi connectivity index (χ0v) is 12.8. The Morgan fingerprint density at radius 3 is 2.19 bits per heavy atom. The first kappa shape index (κ1) is 15.8. The maximum Gasteiger partial charge on any atom is 0.192 e. The highest BCUT2D eigenvalue weighted by molar-refractivity contribution is 6.74. The summed E-state index contributed by atoms with van der Waals surface area (Å²) in [5.41, 5.74) is 0. The minimum absolute atomic E-state index is 0.250. The number of rotatable bonds is 7. The molecular weight excluding hydrogens is 216 g/mol. The lowest BCUT2D eigenvalue weighted by molar-refractivity contribution is -0.108. The van der Waals surface area contributed by atoms with Gasteiger partial charge in [-0.05, 0) is 31.0 Å². The third-order valence-electron chi connectivity index (χ3n) is 3.48. The van der Waals surface area contributed by atoms with Gasteiger partial charge < -0.3 is 9.22 Å². The van der Waals surface area contributed by atoms with E-state index in [2.05, 4.69) is 40.8 Å². The van der Waals surface area contributed by atoms with Crippen molar-refractivity contribution in [2.75, 3.05) is 0 Å². The Labute approximate surface area is 102 Å². The van der Waals surface area contributed by atoms with Crippen molar-refractivity contribution in [1.82, 2.24) is 0 Å². The summed E-state index contributed by atoms with van der Waals surface area (Å²) in [5, 5.41) is 0.250. The predicted octanol–water partition coefficient (Wildman–Crippen LogP) is 4.16. The molecule has 0 unspecified atom stereocenters. The van der Waals surface area contributed by atoms with Crippen LogP contribution in [0.3, 0.4) is 0 Å². The smallest absolute Gasteiger partial charge is 0.192 e. The Kier molecular flexibility index (Phi) is 6.49. The van der Waals surface area contributed by atoms with E-state index in [1.807, 2.05) is 0 Å². The molecule has 0 amide bonds. The molecule has 0 aliphatic carbocycles. The number of carbonyl (C=O) groups excluding carboxylic acids is 1. The van der Waals surface area contributed by atoms with E-state index in [-0.39, 0.29) is 11.1 Å². The van der Waals surface area contributed by atoms with Crippen LogP contribution < -0.4 is 0 Å². The first-order valence-electron chi connectivity index (χ1n) is 6.36. The van der Waals surface area contributed by atoms with Gasteiger partial charge >= 0.3 is 0 Å². The van der Waals surface area contributed by atoms with Gasteiger partial charge in [-0.3, -0.25) is 0 Å². The maximum atomic E-state index is 10.4. The van der Waals surface area contributed by atoms with Crippen LogP contribution in [0, 0.1) is 0 Å². The molecule has 2 nitrogen and oxygen atoms in total. The van der Waals surface area contributed by atoms with Crippen molar-refractivity contribution >= 4 is 14.6 Å². The summed E-state index contributed by atoms with van der Waals surface area (Å²) in [6.45, 7) is 13.5. The molecule has 0 fully saturated rings. The monoisotopic (exact) mass is 244 g/mol. The van der Waals surface area contributed by atoms with Gasteiger partial charge in [-0.25, -0.2) is 0 Å². The van der Waals surface area contributed by atoms with Crippen LogP contribution in [0.4, 0.5) is 0 Å². The standard InChI is InChI=1S/C13H28O2Si/c1-7-9-12(10-8-11-14)15-16(5,6)13(2,3)4/h11-12H,7-10H2,1-6H3/t12-/m0/s1. The van der Waals surface area contributed by atoms with Crippen LogP contribution in [0.2, 0.25) is 18.1 Å². The van der Waals surface area contributed by atoms with Gasteiger partial charge in [0, 0.05) is 12.5 Å². The molecule has 96 valence electrons. The van der Waals surface area contributed by atoms with Gasteiger partial charge in [0.1, 0.15) is 6.29 Å².